The predicted octanol–water partition coefficient (Wildman–Crippen LogP) is 1.34. The summed E-state index contributed by atoms with van der Waals surface area (Å²) in [6, 6.07) is 13.8. The molecule has 0 saturated heterocycles. The molecule has 0 radical (unpaired) electrons. The highest BCUT2D eigenvalue weighted by molar-refractivity contribution is 6.52. The standard InChI is InChI=1S/C21H21N5O2/c1-14-4-9-19-18(10-14)20(27)21(28)25(19)13-24(3)15(2)16-5-7-17(8-6-16)26-12-22-11-23-26/h4-12,15H,13H2,1-3H3/p+1/t15-/m0/s1. The van der Waals surface area contributed by atoms with Crippen molar-refractivity contribution in [2.45, 2.75) is 19.9 Å². The molecule has 4 rings (SSSR count). The van der Waals surface area contributed by atoms with Crippen molar-refractivity contribution in [3.63, 3.8) is 0 Å². The molecule has 7 nitrogen and oxygen atoms in total. The average molecular weight is 376 g/mol. The third-order valence-corrected chi connectivity index (χ3v) is 5.35. The Labute approximate surface area is 163 Å². The molecule has 2 atom stereocenters. The van der Waals surface area contributed by atoms with Crippen LogP contribution in [0.2, 0.25) is 0 Å². The van der Waals surface area contributed by atoms with E-state index in [2.05, 4.69) is 29.1 Å². The van der Waals surface area contributed by atoms with Gasteiger partial charge in [0.15, 0.2) is 6.67 Å². The number of fused-ring (bicyclic) bond motifs is 1. The highest BCUT2D eigenvalue weighted by Gasteiger charge is 2.38. The molecule has 1 unspecified atom stereocenters. The van der Waals surface area contributed by atoms with Crippen LogP contribution < -0.4 is 9.80 Å². The van der Waals surface area contributed by atoms with Gasteiger partial charge in [-0.15, -0.1) is 0 Å². The van der Waals surface area contributed by atoms with E-state index in [0.717, 1.165) is 21.7 Å². The van der Waals surface area contributed by atoms with Crippen LogP contribution in [0.1, 0.15) is 34.5 Å². The van der Waals surface area contributed by atoms with Crippen molar-refractivity contribution in [1.29, 1.82) is 0 Å². The lowest BCUT2D eigenvalue weighted by atomic mass is 10.1. The Morgan fingerprint density at radius 3 is 2.54 bits per heavy atom. The molecule has 0 fully saturated rings. The minimum absolute atomic E-state index is 0.141. The lowest BCUT2D eigenvalue weighted by molar-refractivity contribution is -0.909. The van der Waals surface area contributed by atoms with Crippen molar-refractivity contribution in [3.8, 4) is 5.69 Å². The first-order valence-electron chi connectivity index (χ1n) is 9.20. The number of aromatic nitrogens is 3. The van der Waals surface area contributed by atoms with Crippen LogP contribution in [0.5, 0.6) is 0 Å². The van der Waals surface area contributed by atoms with Gasteiger partial charge in [0, 0.05) is 5.56 Å². The lowest BCUT2D eigenvalue weighted by Crippen LogP contribution is -3.10. The molecular weight excluding hydrogens is 354 g/mol. The summed E-state index contributed by atoms with van der Waals surface area (Å²) >= 11 is 0. The average Bonchev–Trinajstić information content (AvgIpc) is 3.32. The summed E-state index contributed by atoms with van der Waals surface area (Å²) in [5, 5.41) is 4.13. The van der Waals surface area contributed by atoms with Crippen LogP contribution in [-0.2, 0) is 4.79 Å². The molecule has 1 amide bonds. The maximum Gasteiger partial charge on any atom is 0.303 e. The first kappa shape index (κ1) is 18.1. The maximum absolute atomic E-state index is 12.5. The molecule has 0 spiro atoms. The van der Waals surface area contributed by atoms with Crippen molar-refractivity contribution >= 4 is 17.4 Å². The van der Waals surface area contributed by atoms with E-state index in [-0.39, 0.29) is 6.04 Å². The highest BCUT2D eigenvalue weighted by Crippen LogP contribution is 2.28. The van der Waals surface area contributed by atoms with E-state index < -0.39 is 11.7 Å². The Balaban J connectivity index is 1.51. The van der Waals surface area contributed by atoms with Crippen molar-refractivity contribution in [2.75, 3.05) is 18.6 Å². The fourth-order valence-corrected chi connectivity index (χ4v) is 3.50. The molecule has 2 heterocycles. The van der Waals surface area contributed by atoms with Crippen LogP contribution in [0, 0.1) is 6.92 Å². The van der Waals surface area contributed by atoms with Gasteiger partial charge >= 0.3 is 5.91 Å². The SMILES string of the molecule is Cc1ccc2c(c1)C(=O)C(=O)N2C[NH+](C)[C@@H](C)c1ccc(-n2cncn2)cc1. The zero-order valence-electron chi connectivity index (χ0n) is 16.1. The van der Waals surface area contributed by atoms with Crippen LogP contribution in [0.15, 0.2) is 55.1 Å². The number of Topliss-reactive ketones (excluding diaryl/α,β-unsaturated/α-hetero) is 1. The van der Waals surface area contributed by atoms with E-state index in [1.807, 2.05) is 38.2 Å². The highest BCUT2D eigenvalue weighted by atomic mass is 16.2. The molecule has 142 valence electrons. The van der Waals surface area contributed by atoms with Crippen LogP contribution in [0.3, 0.4) is 0 Å². The van der Waals surface area contributed by atoms with Crippen molar-refractivity contribution in [1.82, 2.24) is 14.8 Å². The predicted molar refractivity (Wildman–Crippen MR) is 105 cm³/mol. The van der Waals surface area contributed by atoms with Crippen molar-refractivity contribution < 1.29 is 14.5 Å². The van der Waals surface area contributed by atoms with Crippen molar-refractivity contribution in [2.24, 2.45) is 0 Å². The molecule has 1 aromatic heterocycles. The van der Waals surface area contributed by atoms with E-state index >= 15 is 0 Å². The fraction of sp³-hybridized carbons (Fsp3) is 0.238. The number of nitrogens with one attached hydrogen (secondary N) is 1. The van der Waals surface area contributed by atoms with Gasteiger partial charge in [0.05, 0.1) is 24.0 Å². The summed E-state index contributed by atoms with van der Waals surface area (Å²) in [5.41, 5.74) is 4.26. The number of anilines is 1. The zero-order valence-corrected chi connectivity index (χ0v) is 16.1. The number of rotatable bonds is 5. The maximum atomic E-state index is 12.5. The Bertz CT molecular complexity index is 1030. The second-order valence-electron chi connectivity index (χ2n) is 7.24. The number of hydrogen-bond donors (Lipinski definition) is 1. The first-order valence-corrected chi connectivity index (χ1v) is 9.20. The van der Waals surface area contributed by atoms with E-state index in [1.165, 1.54) is 6.33 Å². The number of carbonyl (C=O) groups is 2. The molecule has 0 bridgehead atoms. The minimum atomic E-state index is -0.450. The molecule has 1 N–H and O–H groups in total. The van der Waals surface area contributed by atoms with Gasteiger partial charge in [-0.1, -0.05) is 23.8 Å². The number of aryl methyl sites for hydroxylation is 1. The van der Waals surface area contributed by atoms with E-state index in [1.54, 1.807) is 22.0 Å². The van der Waals surface area contributed by atoms with E-state index in [4.69, 9.17) is 0 Å². The lowest BCUT2D eigenvalue weighted by Gasteiger charge is -2.27. The monoisotopic (exact) mass is 376 g/mol. The normalized spacial score (nSPS) is 15.6. The Kier molecular flexibility index (Phi) is 4.52. The van der Waals surface area contributed by atoms with Gasteiger partial charge in [0.25, 0.3) is 5.78 Å². The molecule has 28 heavy (non-hydrogen) atoms. The molecule has 0 aliphatic carbocycles. The van der Waals surface area contributed by atoms with Gasteiger partial charge in [-0.25, -0.2) is 9.67 Å². The summed E-state index contributed by atoms with van der Waals surface area (Å²) in [7, 11) is 2.03. The fourth-order valence-electron chi connectivity index (χ4n) is 3.50. The van der Waals surface area contributed by atoms with Gasteiger partial charge < -0.3 is 4.90 Å². The van der Waals surface area contributed by atoms with Gasteiger partial charge in [0.2, 0.25) is 0 Å². The summed E-state index contributed by atoms with van der Waals surface area (Å²) in [4.78, 5) is 31.5. The van der Waals surface area contributed by atoms with E-state index in [9.17, 15) is 9.59 Å². The number of ketones is 1. The van der Waals surface area contributed by atoms with Crippen LogP contribution >= 0.6 is 0 Å². The van der Waals surface area contributed by atoms with Gasteiger partial charge in [-0.3, -0.25) is 14.5 Å². The van der Waals surface area contributed by atoms with Crippen molar-refractivity contribution in [3.05, 3.63) is 71.8 Å². The largest absolute Gasteiger partial charge is 0.314 e. The van der Waals surface area contributed by atoms with Crippen LogP contribution in [0.4, 0.5) is 5.69 Å². The van der Waals surface area contributed by atoms with Gasteiger partial charge in [-0.2, -0.15) is 5.10 Å². The third kappa shape index (κ3) is 3.10. The summed E-state index contributed by atoms with van der Waals surface area (Å²) in [6.07, 6.45) is 3.16. The van der Waals surface area contributed by atoms with Crippen LogP contribution in [0.25, 0.3) is 5.69 Å². The van der Waals surface area contributed by atoms with Gasteiger partial charge in [-0.05, 0) is 38.1 Å². The van der Waals surface area contributed by atoms with Gasteiger partial charge in [0.1, 0.15) is 18.7 Å². The quantitative estimate of drug-likeness (QED) is 0.682. The zero-order chi connectivity index (χ0) is 19.8. The molecule has 1 aliphatic heterocycles. The Morgan fingerprint density at radius 1 is 1.11 bits per heavy atom. The number of nitrogens with zero attached hydrogens (tertiary/aromatic N) is 4. The first-order chi connectivity index (χ1) is 13.5. The van der Waals surface area contributed by atoms with E-state index in [0.29, 0.717) is 17.9 Å². The van der Waals surface area contributed by atoms with Crippen LogP contribution in [-0.4, -0.2) is 40.2 Å². The number of quaternary nitrogens is 1. The second kappa shape index (κ2) is 7.01. The number of carbonyl (C=O) groups excluding carboxylic acids is 2. The summed E-state index contributed by atoms with van der Waals surface area (Å²) < 4.78 is 1.71. The second-order valence-corrected chi connectivity index (χ2v) is 7.24. The molecule has 3 aromatic rings. The number of amides is 1. The number of benzene rings is 2. The number of hydrogen-bond acceptors (Lipinski definition) is 4. The Morgan fingerprint density at radius 2 is 1.86 bits per heavy atom. The molecular formula is C21H22N5O2+. The third-order valence-electron chi connectivity index (χ3n) is 5.35. The Hall–Kier alpha value is -3.32. The summed E-state index contributed by atoms with van der Waals surface area (Å²) in [6.45, 7) is 4.45. The molecule has 7 heteroatoms. The molecule has 0 saturated carbocycles. The topological polar surface area (TPSA) is 72.5 Å². The molecule has 1 aliphatic rings. The minimum Gasteiger partial charge on any atom is -0.314 e. The molecule has 2 aromatic carbocycles. The summed E-state index contributed by atoms with van der Waals surface area (Å²) in [5.74, 6) is -0.870. The smallest absolute Gasteiger partial charge is 0.303 e.